The molecule has 1 atom stereocenters. The minimum absolute atomic E-state index is 0.210. The average Bonchev–Trinajstić information content (AvgIpc) is 2.23. The zero-order valence-electron chi connectivity index (χ0n) is 11.9. The lowest BCUT2D eigenvalue weighted by molar-refractivity contribution is -0.168. The number of likely N-dealkylation sites (tertiary alicyclic amines) is 1. The summed E-state index contributed by atoms with van der Waals surface area (Å²) in [7, 11) is 0. The molecule has 0 bridgehead atoms. The van der Waals surface area contributed by atoms with Crippen molar-refractivity contribution in [3.63, 3.8) is 0 Å². The summed E-state index contributed by atoms with van der Waals surface area (Å²) in [5, 5.41) is 10.6. The number of rotatable bonds is 1. The lowest BCUT2D eigenvalue weighted by atomic mass is 9.72. The molecular weight excluding hydrogens is 248 g/mol. The Kier molecular flexibility index (Phi) is 3.53. The van der Waals surface area contributed by atoms with Crippen molar-refractivity contribution in [3.05, 3.63) is 0 Å². The summed E-state index contributed by atoms with van der Waals surface area (Å²) >= 11 is 0. The Labute approximate surface area is 113 Å². The number of hydrogen-bond donors (Lipinski definition) is 2. The van der Waals surface area contributed by atoms with Gasteiger partial charge in [-0.3, -0.25) is 0 Å². The summed E-state index contributed by atoms with van der Waals surface area (Å²) in [4.78, 5) is 13.3. The predicted octanol–water partition coefficient (Wildman–Crippen LogP) is 0.476. The molecule has 0 aromatic carbocycles. The van der Waals surface area contributed by atoms with Crippen LogP contribution in [0.2, 0.25) is 0 Å². The normalized spacial score (nSPS) is 30.7. The molecule has 1 unspecified atom stereocenters. The van der Waals surface area contributed by atoms with E-state index in [4.69, 9.17) is 15.2 Å². The second-order valence-electron chi connectivity index (χ2n) is 6.68. The molecule has 2 aliphatic heterocycles. The highest BCUT2D eigenvalue weighted by Crippen LogP contribution is 2.36. The Bertz CT molecular complexity index is 352. The SMILES string of the molecule is CC(C)(C)OC(=O)N1CC(O)(C2(N)CCCOC2)C1. The van der Waals surface area contributed by atoms with Crippen molar-refractivity contribution in [2.45, 2.75) is 50.4 Å². The van der Waals surface area contributed by atoms with Gasteiger partial charge in [0.05, 0.1) is 25.2 Å². The first-order chi connectivity index (χ1) is 8.65. The molecule has 6 nitrogen and oxygen atoms in total. The average molecular weight is 272 g/mol. The zero-order valence-corrected chi connectivity index (χ0v) is 11.9. The van der Waals surface area contributed by atoms with Gasteiger partial charge in [0.15, 0.2) is 0 Å². The predicted molar refractivity (Wildman–Crippen MR) is 69.7 cm³/mol. The van der Waals surface area contributed by atoms with E-state index in [1.54, 1.807) is 0 Å². The summed E-state index contributed by atoms with van der Waals surface area (Å²) < 4.78 is 10.6. The summed E-state index contributed by atoms with van der Waals surface area (Å²) in [6, 6.07) is 0. The number of aliphatic hydroxyl groups is 1. The molecule has 19 heavy (non-hydrogen) atoms. The smallest absolute Gasteiger partial charge is 0.410 e. The third kappa shape index (κ3) is 2.85. The van der Waals surface area contributed by atoms with Gasteiger partial charge < -0.3 is 25.2 Å². The fourth-order valence-corrected chi connectivity index (χ4v) is 2.54. The maximum absolute atomic E-state index is 11.8. The Balaban J connectivity index is 1.92. The van der Waals surface area contributed by atoms with Crippen LogP contribution in [-0.2, 0) is 9.47 Å². The van der Waals surface area contributed by atoms with Crippen molar-refractivity contribution in [3.8, 4) is 0 Å². The van der Waals surface area contributed by atoms with E-state index in [2.05, 4.69) is 0 Å². The van der Waals surface area contributed by atoms with Gasteiger partial charge in [-0.15, -0.1) is 0 Å². The third-order valence-electron chi connectivity index (χ3n) is 3.75. The number of nitrogens with zero attached hydrogens (tertiary/aromatic N) is 1. The van der Waals surface area contributed by atoms with Gasteiger partial charge in [0, 0.05) is 6.61 Å². The maximum atomic E-state index is 11.8. The highest BCUT2D eigenvalue weighted by Gasteiger charge is 2.57. The molecule has 0 aromatic rings. The van der Waals surface area contributed by atoms with Crippen molar-refractivity contribution in [2.24, 2.45) is 5.73 Å². The summed E-state index contributed by atoms with van der Waals surface area (Å²) in [6.45, 7) is 6.89. The largest absolute Gasteiger partial charge is 0.444 e. The Morgan fingerprint density at radius 2 is 2.05 bits per heavy atom. The highest BCUT2D eigenvalue weighted by molar-refractivity contribution is 5.70. The molecule has 0 saturated carbocycles. The molecule has 2 saturated heterocycles. The first-order valence-corrected chi connectivity index (χ1v) is 6.72. The standard InChI is InChI=1S/C13H24N2O4/c1-11(2,3)19-10(16)15-7-13(17,8-15)12(14)5-4-6-18-9-12/h17H,4-9,14H2,1-3H3. The van der Waals surface area contributed by atoms with Crippen molar-refractivity contribution >= 4 is 6.09 Å². The Hall–Kier alpha value is -0.850. The Morgan fingerprint density at radius 1 is 1.42 bits per heavy atom. The van der Waals surface area contributed by atoms with Crippen molar-refractivity contribution in [2.75, 3.05) is 26.3 Å². The van der Waals surface area contributed by atoms with E-state index in [-0.39, 0.29) is 13.1 Å². The Morgan fingerprint density at radius 3 is 2.53 bits per heavy atom. The van der Waals surface area contributed by atoms with Crippen molar-refractivity contribution in [1.29, 1.82) is 0 Å². The number of ether oxygens (including phenoxy) is 2. The fraction of sp³-hybridized carbons (Fsp3) is 0.923. The topological polar surface area (TPSA) is 85.0 Å². The van der Waals surface area contributed by atoms with Crippen LogP contribution in [0.3, 0.4) is 0 Å². The lowest BCUT2D eigenvalue weighted by Crippen LogP contribution is -2.78. The minimum atomic E-state index is -1.07. The molecule has 0 spiro atoms. The van der Waals surface area contributed by atoms with Crippen LogP contribution in [0.4, 0.5) is 4.79 Å². The molecular formula is C13H24N2O4. The van der Waals surface area contributed by atoms with E-state index in [1.165, 1.54) is 4.90 Å². The second-order valence-corrected chi connectivity index (χ2v) is 6.68. The second kappa shape index (κ2) is 4.61. The molecule has 0 aromatic heterocycles. The van der Waals surface area contributed by atoms with Gasteiger partial charge in [-0.2, -0.15) is 0 Å². The van der Waals surface area contributed by atoms with Gasteiger partial charge in [0.25, 0.3) is 0 Å². The summed E-state index contributed by atoms with van der Waals surface area (Å²) in [5.74, 6) is 0. The molecule has 1 amide bonds. The van der Waals surface area contributed by atoms with E-state index in [0.29, 0.717) is 19.6 Å². The number of hydrogen-bond acceptors (Lipinski definition) is 5. The third-order valence-corrected chi connectivity index (χ3v) is 3.75. The zero-order chi connectivity index (χ0) is 14.3. The van der Waals surface area contributed by atoms with Crippen molar-refractivity contribution < 1.29 is 19.4 Å². The van der Waals surface area contributed by atoms with Crippen LogP contribution >= 0.6 is 0 Å². The van der Waals surface area contributed by atoms with E-state index in [1.807, 2.05) is 20.8 Å². The van der Waals surface area contributed by atoms with Crippen LogP contribution in [-0.4, -0.2) is 59.1 Å². The van der Waals surface area contributed by atoms with Gasteiger partial charge in [-0.05, 0) is 33.6 Å². The molecule has 110 valence electrons. The highest BCUT2D eigenvalue weighted by atomic mass is 16.6. The van der Waals surface area contributed by atoms with E-state index in [0.717, 1.165) is 6.42 Å². The lowest BCUT2D eigenvalue weighted by Gasteiger charge is -2.56. The molecule has 0 radical (unpaired) electrons. The molecule has 2 heterocycles. The van der Waals surface area contributed by atoms with Crippen LogP contribution in [0.15, 0.2) is 0 Å². The molecule has 2 rings (SSSR count). The van der Waals surface area contributed by atoms with Crippen LogP contribution in [0, 0.1) is 0 Å². The molecule has 0 aliphatic carbocycles. The monoisotopic (exact) mass is 272 g/mol. The van der Waals surface area contributed by atoms with Gasteiger partial charge in [0.1, 0.15) is 11.2 Å². The molecule has 3 N–H and O–H groups in total. The number of carbonyl (C=O) groups excluding carboxylic acids is 1. The van der Waals surface area contributed by atoms with E-state index < -0.39 is 22.8 Å². The number of β-amino-alcohol motifs (C(OH)–C–C–N with tert-alkyl or cyclic N) is 1. The number of nitrogens with two attached hydrogens (primary N) is 1. The van der Waals surface area contributed by atoms with Crippen LogP contribution in [0.1, 0.15) is 33.6 Å². The fourth-order valence-electron chi connectivity index (χ4n) is 2.54. The van der Waals surface area contributed by atoms with Crippen molar-refractivity contribution in [1.82, 2.24) is 4.90 Å². The quantitative estimate of drug-likeness (QED) is 0.725. The van der Waals surface area contributed by atoms with Crippen LogP contribution in [0.5, 0.6) is 0 Å². The van der Waals surface area contributed by atoms with Gasteiger partial charge >= 0.3 is 6.09 Å². The molecule has 2 fully saturated rings. The first kappa shape index (κ1) is 14.6. The first-order valence-electron chi connectivity index (χ1n) is 6.72. The maximum Gasteiger partial charge on any atom is 0.410 e. The number of carbonyl (C=O) groups is 1. The molecule has 6 heteroatoms. The van der Waals surface area contributed by atoms with Gasteiger partial charge in [-0.25, -0.2) is 4.79 Å². The summed E-state index contributed by atoms with van der Waals surface area (Å²) in [6.07, 6.45) is 1.15. The molecule has 2 aliphatic rings. The van der Waals surface area contributed by atoms with Gasteiger partial charge in [-0.1, -0.05) is 0 Å². The van der Waals surface area contributed by atoms with E-state index >= 15 is 0 Å². The minimum Gasteiger partial charge on any atom is -0.444 e. The van der Waals surface area contributed by atoms with Crippen LogP contribution < -0.4 is 5.73 Å². The van der Waals surface area contributed by atoms with Crippen LogP contribution in [0.25, 0.3) is 0 Å². The summed E-state index contributed by atoms with van der Waals surface area (Å²) in [5.41, 5.74) is 3.88. The van der Waals surface area contributed by atoms with E-state index in [9.17, 15) is 9.90 Å². The number of amides is 1. The van der Waals surface area contributed by atoms with Gasteiger partial charge in [0.2, 0.25) is 0 Å².